The van der Waals surface area contributed by atoms with E-state index < -0.39 is 0 Å². The largest absolute Gasteiger partial charge is 0.493 e. The van der Waals surface area contributed by atoms with Gasteiger partial charge in [0.05, 0.1) is 13.2 Å². The van der Waals surface area contributed by atoms with Crippen LogP contribution < -0.4 is 10.1 Å². The average Bonchev–Trinajstić information content (AvgIpc) is 2.44. The number of rotatable bonds is 9. The molecule has 19 heavy (non-hydrogen) atoms. The molecule has 1 N–H and O–H groups in total. The molecule has 2 unspecified atom stereocenters. The lowest BCUT2D eigenvalue weighted by atomic mass is 9.93. The molecule has 0 aliphatic heterocycles. The Hall–Kier alpha value is -1.06. The zero-order valence-corrected chi connectivity index (χ0v) is 12.6. The lowest BCUT2D eigenvalue weighted by molar-refractivity contribution is 0.195. The van der Waals surface area contributed by atoms with Crippen molar-refractivity contribution in [3.05, 3.63) is 29.8 Å². The molecule has 1 aromatic carbocycles. The molecule has 0 heterocycles. The molecule has 3 heteroatoms. The SMILES string of the molecule is CCCOc1ccccc1C(C)C(C)NCCOC. The van der Waals surface area contributed by atoms with Crippen LogP contribution in [0, 0.1) is 0 Å². The Kier molecular flexibility index (Phi) is 7.53. The van der Waals surface area contributed by atoms with E-state index in [1.807, 2.05) is 6.07 Å². The lowest BCUT2D eigenvalue weighted by Gasteiger charge is -2.23. The lowest BCUT2D eigenvalue weighted by Crippen LogP contribution is -2.33. The summed E-state index contributed by atoms with van der Waals surface area (Å²) in [4.78, 5) is 0. The van der Waals surface area contributed by atoms with Gasteiger partial charge in [-0.1, -0.05) is 32.0 Å². The number of benzene rings is 1. The van der Waals surface area contributed by atoms with Crippen molar-refractivity contribution < 1.29 is 9.47 Å². The maximum absolute atomic E-state index is 5.83. The van der Waals surface area contributed by atoms with Crippen LogP contribution in [0.5, 0.6) is 5.75 Å². The molecule has 0 saturated heterocycles. The predicted octanol–water partition coefficient (Wildman–Crippen LogP) is 3.20. The van der Waals surface area contributed by atoms with Gasteiger partial charge in [0.15, 0.2) is 0 Å². The van der Waals surface area contributed by atoms with E-state index in [0.29, 0.717) is 12.0 Å². The van der Waals surface area contributed by atoms with Crippen molar-refractivity contribution in [1.29, 1.82) is 0 Å². The minimum atomic E-state index is 0.390. The van der Waals surface area contributed by atoms with E-state index in [1.165, 1.54) is 5.56 Å². The highest BCUT2D eigenvalue weighted by Gasteiger charge is 2.17. The molecule has 0 amide bonds. The first kappa shape index (κ1) is 16.0. The second kappa shape index (κ2) is 8.94. The first-order chi connectivity index (χ1) is 9.20. The third kappa shape index (κ3) is 5.21. The summed E-state index contributed by atoms with van der Waals surface area (Å²) in [7, 11) is 1.73. The van der Waals surface area contributed by atoms with Crippen LogP contribution in [0.4, 0.5) is 0 Å². The maximum Gasteiger partial charge on any atom is 0.122 e. The minimum absolute atomic E-state index is 0.390. The van der Waals surface area contributed by atoms with Crippen molar-refractivity contribution in [1.82, 2.24) is 5.32 Å². The molecule has 0 radical (unpaired) electrons. The third-order valence-corrected chi connectivity index (χ3v) is 3.39. The quantitative estimate of drug-likeness (QED) is 0.696. The minimum Gasteiger partial charge on any atom is -0.493 e. The van der Waals surface area contributed by atoms with Crippen molar-refractivity contribution in [3.63, 3.8) is 0 Å². The Balaban J connectivity index is 2.66. The average molecular weight is 265 g/mol. The number of hydrogen-bond acceptors (Lipinski definition) is 3. The van der Waals surface area contributed by atoms with Gasteiger partial charge in [-0.2, -0.15) is 0 Å². The van der Waals surface area contributed by atoms with Crippen LogP contribution in [0.3, 0.4) is 0 Å². The van der Waals surface area contributed by atoms with Crippen molar-refractivity contribution >= 4 is 0 Å². The van der Waals surface area contributed by atoms with Gasteiger partial charge >= 0.3 is 0 Å². The van der Waals surface area contributed by atoms with E-state index in [2.05, 4.69) is 44.3 Å². The number of para-hydroxylation sites is 1. The molecular weight excluding hydrogens is 238 g/mol. The predicted molar refractivity (Wildman–Crippen MR) is 80.0 cm³/mol. The monoisotopic (exact) mass is 265 g/mol. The summed E-state index contributed by atoms with van der Waals surface area (Å²) in [6.45, 7) is 8.96. The van der Waals surface area contributed by atoms with Crippen LogP contribution in [0.1, 0.15) is 38.7 Å². The molecule has 0 aromatic heterocycles. The van der Waals surface area contributed by atoms with Crippen LogP contribution in [0.2, 0.25) is 0 Å². The van der Waals surface area contributed by atoms with E-state index in [-0.39, 0.29) is 0 Å². The van der Waals surface area contributed by atoms with Gasteiger partial charge in [0, 0.05) is 19.7 Å². The third-order valence-electron chi connectivity index (χ3n) is 3.39. The maximum atomic E-state index is 5.83. The fourth-order valence-corrected chi connectivity index (χ4v) is 2.03. The number of methoxy groups -OCH3 is 1. The highest BCUT2D eigenvalue weighted by molar-refractivity contribution is 5.36. The van der Waals surface area contributed by atoms with Gasteiger partial charge in [0.25, 0.3) is 0 Å². The first-order valence-corrected chi connectivity index (χ1v) is 7.14. The summed E-state index contributed by atoms with van der Waals surface area (Å²) in [6, 6.07) is 8.71. The molecule has 0 fully saturated rings. The fourth-order valence-electron chi connectivity index (χ4n) is 2.03. The van der Waals surface area contributed by atoms with Gasteiger partial charge in [0.2, 0.25) is 0 Å². The number of nitrogens with one attached hydrogen (secondary N) is 1. The van der Waals surface area contributed by atoms with Crippen molar-refractivity contribution in [2.75, 3.05) is 26.9 Å². The Morgan fingerprint density at radius 1 is 1.16 bits per heavy atom. The van der Waals surface area contributed by atoms with Crippen LogP contribution in [0.25, 0.3) is 0 Å². The summed E-state index contributed by atoms with van der Waals surface area (Å²) >= 11 is 0. The van der Waals surface area contributed by atoms with Crippen molar-refractivity contribution in [2.45, 2.75) is 39.2 Å². The topological polar surface area (TPSA) is 30.5 Å². The molecule has 1 rings (SSSR count). The standard InChI is InChI=1S/C16H27NO2/c1-5-11-19-16-9-7-6-8-15(16)13(2)14(3)17-10-12-18-4/h6-9,13-14,17H,5,10-12H2,1-4H3. The molecule has 2 atom stereocenters. The Labute approximate surface area is 117 Å². The van der Waals surface area contributed by atoms with Gasteiger partial charge in [-0.3, -0.25) is 0 Å². The second-order valence-electron chi connectivity index (χ2n) is 4.91. The van der Waals surface area contributed by atoms with E-state index in [4.69, 9.17) is 9.47 Å². The normalized spacial score (nSPS) is 14.1. The van der Waals surface area contributed by atoms with Crippen LogP contribution in [-0.2, 0) is 4.74 Å². The number of hydrogen-bond donors (Lipinski definition) is 1. The molecule has 0 aliphatic rings. The molecule has 0 spiro atoms. The molecule has 1 aromatic rings. The summed E-state index contributed by atoms with van der Waals surface area (Å²) in [5.74, 6) is 1.42. The van der Waals surface area contributed by atoms with Gasteiger partial charge in [-0.15, -0.1) is 0 Å². The zero-order valence-electron chi connectivity index (χ0n) is 12.6. The van der Waals surface area contributed by atoms with Gasteiger partial charge in [0.1, 0.15) is 5.75 Å². The molecular formula is C16H27NO2. The summed E-state index contributed by atoms with van der Waals surface area (Å²) in [5.41, 5.74) is 1.27. The van der Waals surface area contributed by atoms with Crippen LogP contribution in [-0.4, -0.2) is 32.9 Å². The van der Waals surface area contributed by atoms with Crippen LogP contribution >= 0.6 is 0 Å². The summed E-state index contributed by atoms with van der Waals surface area (Å²) < 4.78 is 10.9. The fraction of sp³-hybridized carbons (Fsp3) is 0.625. The van der Waals surface area contributed by atoms with Crippen molar-refractivity contribution in [2.24, 2.45) is 0 Å². The highest BCUT2D eigenvalue weighted by Crippen LogP contribution is 2.28. The molecule has 108 valence electrons. The van der Waals surface area contributed by atoms with Crippen LogP contribution in [0.15, 0.2) is 24.3 Å². The molecule has 0 aliphatic carbocycles. The van der Waals surface area contributed by atoms with Gasteiger partial charge in [-0.05, 0) is 30.9 Å². The van der Waals surface area contributed by atoms with E-state index in [1.54, 1.807) is 7.11 Å². The second-order valence-corrected chi connectivity index (χ2v) is 4.91. The molecule has 3 nitrogen and oxygen atoms in total. The Morgan fingerprint density at radius 3 is 2.58 bits per heavy atom. The number of ether oxygens (including phenoxy) is 2. The smallest absolute Gasteiger partial charge is 0.122 e. The Morgan fingerprint density at radius 2 is 1.89 bits per heavy atom. The van der Waals surface area contributed by atoms with Gasteiger partial charge < -0.3 is 14.8 Å². The highest BCUT2D eigenvalue weighted by atomic mass is 16.5. The van der Waals surface area contributed by atoms with Crippen molar-refractivity contribution in [3.8, 4) is 5.75 Å². The zero-order chi connectivity index (χ0) is 14.1. The summed E-state index contributed by atoms with van der Waals surface area (Å²) in [5, 5.41) is 3.48. The Bertz CT molecular complexity index is 354. The van der Waals surface area contributed by atoms with E-state index in [0.717, 1.165) is 31.9 Å². The van der Waals surface area contributed by atoms with E-state index in [9.17, 15) is 0 Å². The molecule has 0 bridgehead atoms. The van der Waals surface area contributed by atoms with Gasteiger partial charge in [-0.25, -0.2) is 0 Å². The van der Waals surface area contributed by atoms with E-state index >= 15 is 0 Å². The first-order valence-electron chi connectivity index (χ1n) is 7.14. The molecule has 0 saturated carbocycles. The summed E-state index contributed by atoms with van der Waals surface area (Å²) in [6.07, 6.45) is 1.03.